The van der Waals surface area contributed by atoms with E-state index < -0.39 is 35.2 Å². The van der Waals surface area contributed by atoms with Gasteiger partial charge in [-0.1, -0.05) is 123 Å². The van der Waals surface area contributed by atoms with E-state index >= 15 is 0 Å². The molecule has 40 heavy (non-hydrogen) atoms. The molecule has 0 aliphatic carbocycles. The van der Waals surface area contributed by atoms with Crippen molar-refractivity contribution in [3.05, 3.63) is 127 Å². The largest absolute Gasteiger partial charge is 0.456 e. The molecule has 3 atom stereocenters. The van der Waals surface area contributed by atoms with Gasteiger partial charge in [0.25, 0.3) is 0 Å². The van der Waals surface area contributed by atoms with Crippen molar-refractivity contribution in [2.75, 3.05) is 0 Å². The van der Waals surface area contributed by atoms with Gasteiger partial charge in [-0.05, 0) is 40.6 Å². The number of carbonyl (C=O) groups excluding carboxylic acids is 1. The number of hydrogen-bond donors (Lipinski definition) is 1. The lowest BCUT2D eigenvalue weighted by atomic mass is 9.95. The second-order valence-electron chi connectivity index (χ2n) is 10.1. The summed E-state index contributed by atoms with van der Waals surface area (Å²) in [4.78, 5) is 12.5. The summed E-state index contributed by atoms with van der Waals surface area (Å²) in [7, 11) is -4.88. The monoisotopic (exact) mass is 573 g/mol. The minimum Gasteiger partial charge on any atom is -0.456 e. The maximum Gasteiger partial charge on any atom is 0.303 e. The van der Waals surface area contributed by atoms with Gasteiger partial charge in [0.05, 0.1) is 4.90 Å². The van der Waals surface area contributed by atoms with Crippen LogP contribution in [0.2, 0.25) is 0 Å². The van der Waals surface area contributed by atoms with Crippen LogP contribution in [-0.4, -0.2) is 25.7 Å². The normalized spacial score (nSPS) is 14.0. The van der Waals surface area contributed by atoms with Crippen LogP contribution >= 0.6 is 8.07 Å². The van der Waals surface area contributed by atoms with Crippen molar-refractivity contribution in [1.82, 2.24) is 5.09 Å². The van der Waals surface area contributed by atoms with E-state index in [9.17, 15) is 13.2 Å². The van der Waals surface area contributed by atoms with Crippen molar-refractivity contribution < 1.29 is 17.9 Å². The number of nitrogens with one attached hydrogen (secondary N) is 1. The average molecular weight is 574 g/mol. The standard InChI is InChI=1S/C33H36NO4PS/c1-25(2)31(34-39(28-18-10-5-11-19-28)29-20-12-6-13-21-29)24-32(40(36,37)30-22-14-7-15-23-30)33(38-26(3)35)27-16-8-4-9-17-27/h4-23,25,31-34H,24H2,1-3H3/t31-,32?,33?/m1/s1. The first kappa shape index (κ1) is 29.7. The average Bonchev–Trinajstić information content (AvgIpc) is 2.98. The summed E-state index contributed by atoms with van der Waals surface area (Å²) in [6.45, 7) is 5.51. The summed E-state index contributed by atoms with van der Waals surface area (Å²) in [6, 6.07) is 37.9. The van der Waals surface area contributed by atoms with Crippen LogP contribution in [0.4, 0.5) is 0 Å². The van der Waals surface area contributed by atoms with E-state index in [1.54, 1.807) is 30.3 Å². The molecule has 1 N–H and O–H groups in total. The molecule has 0 aliphatic rings. The maximum absolute atomic E-state index is 14.3. The van der Waals surface area contributed by atoms with Gasteiger partial charge in [0.1, 0.15) is 11.4 Å². The van der Waals surface area contributed by atoms with E-state index in [1.165, 1.54) is 6.92 Å². The molecule has 0 amide bonds. The summed E-state index contributed by atoms with van der Waals surface area (Å²) in [5.41, 5.74) is 0.651. The van der Waals surface area contributed by atoms with Gasteiger partial charge in [0.15, 0.2) is 9.84 Å². The smallest absolute Gasteiger partial charge is 0.303 e. The van der Waals surface area contributed by atoms with E-state index in [2.05, 4.69) is 43.2 Å². The van der Waals surface area contributed by atoms with E-state index in [-0.39, 0.29) is 23.3 Å². The second kappa shape index (κ2) is 13.8. The minimum absolute atomic E-state index is 0.0969. The van der Waals surface area contributed by atoms with Gasteiger partial charge >= 0.3 is 5.97 Å². The Bertz CT molecular complexity index is 1410. The van der Waals surface area contributed by atoms with Crippen LogP contribution in [0.15, 0.2) is 126 Å². The zero-order valence-electron chi connectivity index (χ0n) is 23.1. The molecule has 208 valence electrons. The van der Waals surface area contributed by atoms with E-state index in [0.717, 1.165) is 10.6 Å². The number of esters is 1. The van der Waals surface area contributed by atoms with Gasteiger partial charge in [0, 0.05) is 21.0 Å². The van der Waals surface area contributed by atoms with Gasteiger partial charge in [-0.25, -0.2) is 8.42 Å². The Kier molecular flexibility index (Phi) is 10.3. The molecular formula is C33H36NO4PS. The fourth-order valence-corrected chi connectivity index (χ4v) is 8.88. The molecule has 4 rings (SSSR count). The lowest BCUT2D eigenvalue weighted by Gasteiger charge is -2.34. The number of hydrogen-bond acceptors (Lipinski definition) is 5. The molecule has 4 aromatic carbocycles. The highest BCUT2D eigenvalue weighted by atomic mass is 32.2. The topological polar surface area (TPSA) is 72.5 Å². The number of ether oxygens (including phenoxy) is 1. The Morgan fingerprint density at radius 1 is 0.750 bits per heavy atom. The zero-order valence-corrected chi connectivity index (χ0v) is 24.8. The molecule has 0 spiro atoms. The number of carbonyl (C=O) groups is 1. The predicted molar refractivity (Wildman–Crippen MR) is 164 cm³/mol. The van der Waals surface area contributed by atoms with Gasteiger partial charge in [-0.15, -0.1) is 0 Å². The molecule has 0 saturated heterocycles. The van der Waals surface area contributed by atoms with Crippen LogP contribution in [0.25, 0.3) is 0 Å². The Balaban J connectivity index is 1.79. The summed E-state index contributed by atoms with van der Waals surface area (Å²) >= 11 is 0. The van der Waals surface area contributed by atoms with Crippen molar-refractivity contribution in [2.24, 2.45) is 5.92 Å². The first-order chi connectivity index (χ1) is 19.3. The van der Waals surface area contributed by atoms with Crippen LogP contribution in [0.3, 0.4) is 0 Å². The third-order valence-electron chi connectivity index (χ3n) is 6.84. The van der Waals surface area contributed by atoms with Crippen molar-refractivity contribution in [3.8, 4) is 0 Å². The van der Waals surface area contributed by atoms with E-state index in [4.69, 9.17) is 4.74 Å². The van der Waals surface area contributed by atoms with Crippen molar-refractivity contribution in [2.45, 2.75) is 49.5 Å². The maximum atomic E-state index is 14.3. The lowest BCUT2D eigenvalue weighted by Crippen LogP contribution is -2.42. The molecular weight excluding hydrogens is 537 g/mol. The highest BCUT2D eigenvalue weighted by Gasteiger charge is 2.40. The molecule has 0 bridgehead atoms. The zero-order chi connectivity index (χ0) is 28.5. The fourth-order valence-electron chi connectivity index (χ4n) is 4.72. The second-order valence-corrected chi connectivity index (χ2v) is 14.2. The van der Waals surface area contributed by atoms with Crippen LogP contribution in [-0.2, 0) is 19.4 Å². The molecule has 0 saturated carbocycles. The Morgan fingerprint density at radius 3 is 1.65 bits per heavy atom. The van der Waals surface area contributed by atoms with Crippen LogP contribution in [0.5, 0.6) is 0 Å². The third-order valence-corrected chi connectivity index (χ3v) is 11.2. The molecule has 0 radical (unpaired) electrons. The molecule has 7 heteroatoms. The van der Waals surface area contributed by atoms with Crippen molar-refractivity contribution in [3.63, 3.8) is 0 Å². The Hall–Kier alpha value is -3.31. The van der Waals surface area contributed by atoms with Gasteiger partial charge < -0.3 is 4.74 Å². The predicted octanol–water partition coefficient (Wildman–Crippen LogP) is 6.19. The SMILES string of the molecule is CC(=O)OC(c1ccccc1)C(C[C@@H](NP(c1ccccc1)c1ccccc1)C(C)C)S(=O)(=O)c1ccccc1. The van der Waals surface area contributed by atoms with Crippen LogP contribution in [0.1, 0.15) is 38.9 Å². The van der Waals surface area contributed by atoms with Crippen molar-refractivity contribution in [1.29, 1.82) is 0 Å². The van der Waals surface area contributed by atoms with Gasteiger partial charge in [-0.2, -0.15) is 0 Å². The van der Waals surface area contributed by atoms with Crippen LogP contribution in [0, 0.1) is 5.92 Å². The lowest BCUT2D eigenvalue weighted by molar-refractivity contribution is -0.147. The summed E-state index contributed by atoms with van der Waals surface area (Å²) < 4.78 is 34.4. The molecule has 4 aromatic rings. The summed E-state index contributed by atoms with van der Waals surface area (Å²) in [5, 5.41) is 5.15. The first-order valence-corrected chi connectivity index (χ1v) is 16.3. The number of benzene rings is 4. The highest BCUT2D eigenvalue weighted by molar-refractivity contribution is 7.92. The summed E-state index contributed by atoms with van der Waals surface area (Å²) in [6.07, 6.45) is -0.716. The first-order valence-electron chi connectivity index (χ1n) is 13.4. The quantitative estimate of drug-likeness (QED) is 0.162. The molecule has 0 heterocycles. The molecule has 2 unspecified atom stereocenters. The number of rotatable bonds is 12. The molecule has 5 nitrogen and oxygen atoms in total. The molecule has 0 aliphatic heterocycles. The Labute approximate surface area is 239 Å². The molecule has 0 fully saturated rings. The van der Waals surface area contributed by atoms with Crippen LogP contribution < -0.4 is 15.7 Å². The molecule has 0 aromatic heterocycles. The number of sulfone groups is 1. The fraction of sp³-hybridized carbons (Fsp3) is 0.242. The third kappa shape index (κ3) is 7.45. The highest BCUT2D eigenvalue weighted by Crippen LogP contribution is 2.37. The van der Waals surface area contributed by atoms with E-state index in [1.807, 2.05) is 66.7 Å². The van der Waals surface area contributed by atoms with Crippen molar-refractivity contribution >= 4 is 34.5 Å². The summed E-state index contributed by atoms with van der Waals surface area (Å²) in [5.74, 6) is -0.424. The van der Waals surface area contributed by atoms with E-state index in [0.29, 0.717) is 5.56 Å². The minimum atomic E-state index is -3.90. The Morgan fingerprint density at radius 2 is 1.20 bits per heavy atom. The van der Waals surface area contributed by atoms with Gasteiger partial charge in [-0.3, -0.25) is 9.88 Å². The van der Waals surface area contributed by atoms with Gasteiger partial charge in [0.2, 0.25) is 0 Å².